The minimum atomic E-state index is -4.60. The third-order valence-corrected chi connectivity index (χ3v) is 5.51. The summed E-state index contributed by atoms with van der Waals surface area (Å²) in [6, 6.07) is 8.56. The van der Waals surface area contributed by atoms with Gasteiger partial charge in [0, 0.05) is 47.3 Å². The number of halogens is 3. The molecule has 0 saturated heterocycles. The molecule has 0 spiro atoms. The molecular weight excluding hydrogens is 399 g/mol. The number of hydrogen-bond donors (Lipinski definition) is 1. The molecule has 4 aromatic rings. The number of alkyl halides is 3. The summed E-state index contributed by atoms with van der Waals surface area (Å²) >= 11 is 1.28. The summed E-state index contributed by atoms with van der Waals surface area (Å²) in [6.07, 6.45) is -0.00663. The minimum absolute atomic E-state index is 0.0258. The van der Waals surface area contributed by atoms with E-state index in [1.807, 2.05) is 0 Å². The zero-order chi connectivity index (χ0) is 20.8. The number of fused-ring (bicyclic) bond motifs is 1. The molecule has 0 amide bonds. The van der Waals surface area contributed by atoms with Gasteiger partial charge in [-0.15, -0.1) is 11.3 Å². The van der Waals surface area contributed by atoms with Gasteiger partial charge in [0.25, 0.3) is 0 Å². The fourth-order valence-corrected chi connectivity index (χ4v) is 4.09. The lowest BCUT2D eigenvalue weighted by atomic mass is 9.93. The van der Waals surface area contributed by atoms with E-state index in [1.54, 1.807) is 43.6 Å². The molecule has 2 N–H and O–H groups in total. The van der Waals surface area contributed by atoms with E-state index in [1.165, 1.54) is 22.2 Å². The molecular formula is C20H14F3N5S. The normalized spacial score (nSPS) is 11.7. The van der Waals surface area contributed by atoms with Gasteiger partial charge < -0.3 is 5.73 Å². The molecule has 3 heterocycles. The van der Waals surface area contributed by atoms with Crippen molar-refractivity contribution in [3.8, 4) is 28.3 Å². The van der Waals surface area contributed by atoms with Gasteiger partial charge in [-0.2, -0.15) is 23.5 Å². The highest BCUT2D eigenvalue weighted by Gasteiger charge is 2.38. The lowest BCUT2D eigenvalue weighted by Crippen LogP contribution is -2.09. The van der Waals surface area contributed by atoms with Crippen LogP contribution in [0.15, 0.2) is 42.9 Å². The highest BCUT2D eigenvalue weighted by atomic mass is 32.1. The van der Waals surface area contributed by atoms with Gasteiger partial charge in [0.15, 0.2) is 5.69 Å². The van der Waals surface area contributed by atoms with Crippen molar-refractivity contribution in [3.05, 3.63) is 53.4 Å². The summed E-state index contributed by atoms with van der Waals surface area (Å²) in [7, 11) is 0. The Kier molecular flexibility index (Phi) is 4.51. The van der Waals surface area contributed by atoms with Gasteiger partial charge in [-0.3, -0.25) is 9.67 Å². The predicted molar refractivity (Wildman–Crippen MR) is 106 cm³/mol. The molecule has 29 heavy (non-hydrogen) atoms. The first kappa shape index (κ1) is 19.0. The average molecular weight is 413 g/mol. The number of nitrogens with zero attached hydrogens (tertiary/aromatic N) is 4. The molecule has 0 radical (unpaired) electrons. The number of aryl methyl sites for hydroxylation is 1. The van der Waals surface area contributed by atoms with Crippen LogP contribution in [0.5, 0.6) is 0 Å². The van der Waals surface area contributed by atoms with Crippen molar-refractivity contribution in [2.45, 2.75) is 19.6 Å². The number of pyridine rings is 1. The van der Waals surface area contributed by atoms with Gasteiger partial charge in [-0.25, -0.2) is 0 Å². The number of aromatic nitrogens is 3. The monoisotopic (exact) mass is 413 g/mol. The molecule has 0 saturated carbocycles. The van der Waals surface area contributed by atoms with Crippen LogP contribution in [0.1, 0.15) is 17.5 Å². The first-order chi connectivity index (χ1) is 13.8. The van der Waals surface area contributed by atoms with Crippen molar-refractivity contribution in [1.82, 2.24) is 14.8 Å². The Morgan fingerprint density at radius 1 is 1.14 bits per heavy atom. The number of rotatable bonds is 3. The second-order valence-corrected chi connectivity index (χ2v) is 7.45. The number of nitrogens with two attached hydrogens (primary N) is 1. The Labute approximate surface area is 167 Å². The van der Waals surface area contributed by atoms with Crippen LogP contribution in [0.2, 0.25) is 0 Å². The van der Waals surface area contributed by atoms with Crippen LogP contribution in [0, 0.1) is 11.3 Å². The summed E-state index contributed by atoms with van der Waals surface area (Å²) < 4.78 is 43.0. The van der Waals surface area contributed by atoms with Crippen molar-refractivity contribution in [1.29, 1.82) is 5.26 Å². The molecule has 0 aliphatic rings. The predicted octanol–water partition coefficient (Wildman–Crippen LogP) is 5.32. The number of benzene rings is 1. The summed E-state index contributed by atoms with van der Waals surface area (Å²) in [5.74, 6) is 0. The maximum absolute atomic E-state index is 13.7. The molecule has 5 nitrogen and oxygen atoms in total. The van der Waals surface area contributed by atoms with Crippen LogP contribution in [-0.4, -0.2) is 14.8 Å². The second-order valence-electron chi connectivity index (χ2n) is 6.37. The van der Waals surface area contributed by atoms with E-state index < -0.39 is 11.9 Å². The molecule has 9 heteroatoms. The number of hydrogen-bond acceptors (Lipinski definition) is 5. The number of thiophene rings is 1. The quantitative estimate of drug-likeness (QED) is 0.461. The van der Waals surface area contributed by atoms with Crippen LogP contribution < -0.4 is 5.73 Å². The average Bonchev–Trinajstić information content (AvgIpc) is 3.31. The molecule has 0 unspecified atom stereocenters. The van der Waals surface area contributed by atoms with Crippen LogP contribution in [0.4, 0.5) is 18.9 Å². The summed E-state index contributed by atoms with van der Waals surface area (Å²) in [4.78, 5) is 4.71. The summed E-state index contributed by atoms with van der Waals surface area (Å²) in [5.41, 5.74) is 6.86. The Hall–Kier alpha value is -3.38. The van der Waals surface area contributed by atoms with E-state index in [4.69, 9.17) is 5.73 Å². The van der Waals surface area contributed by atoms with Crippen molar-refractivity contribution < 1.29 is 13.2 Å². The number of anilines is 1. The third-order valence-electron chi connectivity index (χ3n) is 4.53. The van der Waals surface area contributed by atoms with Crippen molar-refractivity contribution >= 4 is 27.1 Å². The van der Waals surface area contributed by atoms with E-state index in [0.717, 1.165) is 10.1 Å². The molecule has 0 bridgehead atoms. The largest absolute Gasteiger partial charge is 0.435 e. The first-order valence-corrected chi connectivity index (χ1v) is 9.46. The first-order valence-electron chi connectivity index (χ1n) is 8.64. The van der Waals surface area contributed by atoms with E-state index >= 15 is 0 Å². The van der Waals surface area contributed by atoms with Crippen molar-refractivity contribution in [2.24, 2.45) is 0 Å². The lowest BCUT2D eigenvalue weighted by molar-refractivity contribution is -0.141. The minimum Gasteiger partial charge on any atom is -0.399 e. The van der Waals surface area contributed by atoms with Gasteiger partial charge in [0.05, 0.1) is 4.70 Å². The molecule has 0 aliphatic heterocycles. The van der Waals surface area contributed by atoms with Gasteiger partial charge in [0.2, 0.25) is 0 Å². The van der Waals surface area contributed by atoms with Crippen LogP contribution in [-0.2, 0) is 12.7 Å². The Morgan fingerprint density at radius 3 is 2.62 bits per heavy atom. The van der Waals surface area contributed by atoms with E-state index in [0.29, 0.717) is 33.8 Å². The van der Waals surface area contributed by atoms with Crippen molar-refractivity contribution in [2.75, 3.05) is 5.73 Å². The maximum atomic E-state index is 13.7. The third kappa shape index (κ3) is 3.32. The van der Waals surface area contributed by atoms with E-state index in [-0.39, 0.29) is 5.56 Å². The van der Waals surface area contributed by atoms with Gasteiger partial charge in [-0.1, -0.05) is 6.07 Å². The molecule has 0 fully saturated rings. The fourth-order valence-electron chi connectivity index (χ4n) is 3.24. The van der Waals surface area contributed by atoms with Gasteiger partial charge in [0.1, 0.15) is 10.9 Å². The van der Waals surface area contributed by atoms with E-state index in [2.05, 4.69) is 16.2 Å². The van der Waals surface area contributed by atoms with E-state index in [9.17, 15) is 18.4 Å². The highest BCUT2D eigenvalue weighted by molar-refractivity contribution is 7.19. The van der Waals surface area contributed by atoms with Crippen LogP contribution >= 0.6 is 11.3 Å². The van der Waals surface area contributed by atoms with Crippen LogP contribution in [0.3, 0.4) is 0 Å². The van der Waals surface area contributed by atoms with Crippen molar-refractivity contribution in [3.63, 3.8) is 0 Å². The molecule has 1 aromatic carbocycles. The topological polar surface area (TPSA) is 80.5 Å². The Balaban J connectivity index is 2.03. The van der Waals surface area contributed by atoms with Gasteiger partial charge >= 0.3 is 6.18 Å². The standard InChI is InChI=1S/C20H14F3N5S/c1-2-28-10-17(19(27-28)20(21,22)23)13-4-3-11(25)5-14(13)16-8-26-9-18-15(16)6-12(7-24)29-18/h3-6,8-10H,2,25H2,1H3. The molecule has 0 atom stereocenters. The smallest absolute Gasteiger partial charge is 0.399 e. The van der Waals surface area contributed by atoms with Gasteiger partial charge in [-0.05, 0) is 36.2 Å². The molecule has 0 aliphatic carbocycles. The molecule has 3 aromatic heterocycles. The summed E-state index contributed by atoms with van der Waals surface area (Å²) in [6.45, 7) is 2.03. The zero-order valence-corrected chi connectivity index (χ0v) is 16.0. The Morgan fingerprint density at radius 2 is 1.93 bits per heavy atom. The fraction of sp³-hybridized carbons (Fsp3) is 0.150. The molecule has 146 valence electrons. The number of nitrogen functional groups attached to an aromatic ring is 1. The summed E-state index contributed by atoms with van der Waals surface area (Å²) in [5, 5.41) is 13.7. The highest BCUT2D eigenvalue weighted by Crippen LogP contribution is 2.43. The molecule has 4 rings (SSSR count). The SMILES string of the molecule is CCn1cc(-c2ccc(N)cc2-c2cncc3sc(C#N)cc23)c(C(F)(F)F)n1. The lowest BCUT2D eigenvalue weighted by Gasteiger charge is -2.13. The second kappa shape index (κ2) is 6.90. The Bertz CT molecular complexity index is 1260. The van der Waals surface area contributed by atoms with Crippen LogP contribution in [0.25, 0.3) is 32.3 Å². The maximum Gasteiger partial charge on any atom is 0.435 e. The number of nitriles is 1. The zero-order valence-electron chi connectivity index (χ0n) is 15.2.